The maximum Gasteiger partial charge on any atom is 0.255 e. The molecule has 1 aliphatic heterocycles. The molecule has 4 nitrogen and oxygen atoms in total. The predicted molar refractivity (Wildman–Crippen MR) is 120 cm³/mol. The van der Waals surface area contributed by atoms with Gasteiger partial charge < -0.3 is 10.2 Å². The molecule has 1 aliphatic rings. The summed E-state index contributed by atoms with van der Waals surface area (Å²) in [5.74, 6) is 1.02. The molecule has 0 aromatic heterocycles. The third kappa shape index (κ3) is 5.85. The van der Waals surface area contributed by atoms with Crippen molar-refractivity contribution in [1.82, 2.24) is 4.90 Å². The average molecular weight is 461 g/mol. The second-order valence-corrected chi connectivity index (χ2v) is 8.72. The molecule has 0 radical (unpaired) electrons. The number of carbonyl (C=O) groups is 2. The van der Waals surface area contributed by atoms with Crippen LogP contribution in [0.4, 0.5) is 5.69 Å². The van der Waals surface area contributed by atoms with E-state index < -0.39 is 0 Å². The summed E-state index contributed by atoms with van der Waals surface area (Å²) in [4.78, 5) is 27.3. The van der Waals surface area contributed by atoms with Crippen molar-refractivity contribution >= 4 is 45.2 Å². The van der Waals surface area contributed by atoms with E-state index in [0.717, 1.165) is 41.7 Å². The van der Waals surface area contributed by atoms with Crippen LogP contribution in [-0.4, -0.2) is 35.6 Å². The molecular weight excluding hydrogens is 436 g/mol. The Labute approximate surface area is 179 Å². The Morgan fingerprint density at radius 1 is 0.964 bits per heavy atom. The number of nitrogens with zero attached hydrogens (tertiary/aromatic N) is 1. The highest BCUT2D eigenvalue weighted by atomic mass is 79.9. The Bertz CT molecular complexity index is 820. The van der Waals surface area contributed by atoms with Crippen molar-refractivity contribution in [3.05, 3.63) is 64.1 Å². The van der Waals surface area contributed by atoms with Gasteiger partial charge in [-0.05, 0) is 36.6 Å². The summed E-state index contributed by atoms with van der Waals surface area (Å²) in [5, 5.41) is 2.93. The summed E-state index contributed by atoms with van der Waals surface area (Å²) in [7, 11) is 0. The van der Waals surface area contributed by atoms with Crippen molar-refractivity contribution in [3.63, 3.8) is 0 Å². The minimum Gasteiger partial charge on any atom is -0.339 e. The fraction of sp³-hybridized carbons (Fsp3) is 0.364. The molecule has 2 aromatic carbocycles. The van der Waals surface area contributed by atoms with Crippen molar-refractivity contribution in [3.8, 4) is 0 Å². The number of para-hydroxylation sites is 1. The van der Waals surface area contributed by atoms with Crippen LogP contribution < -0.4 is 5.32 Å². The van der Waals surface area contributed by atoms with E-state index in [0.29, 0.717) is 17.0 Å². The summed E-state index contributed by atoms with van der Waals surface area (Å²) < 4.78 is 1.05. The van der Waals surface area contributed by atoms with E-state index in [1.54, 1.807) is 23.9 Å². The lowest BCUT2D eigenvalue weighted by molar-refractivity contribution is -0.113. The lowest BCUT2D eigenvalue weighted by atomic mass is 10.1. The molecule has 0 spiro atoms. The molecular formula is C22H25BrN2O2S. The Balaban J connectivity index is 1.58. The zero-order chi connectivity index (χ0) is 19.8. The number of likely N-dealkylation sites (tertiary alicyclic amines) is 1. The Morgan fingerprint density at radius 2 is 1.64 bits per heavy atom. The topological polar surface area (TPSA) is 49.4 Å². The van der Waals surface area contributed by atoms with Crippen molar-refractivity contribution in [2.75, 3.05) is 24.2 Å². The first-order chi connectivity index (χ1) is 13.6. The summed E-state index contributed by atoms with van der Waals surface area (Å²) in [6, 6.07) is 15.3. The standard InChI is InChI=1S/C22H25BrN2O2S/c23-19-11-5-3-9-17(19)15-28-16-21(26)24-20-12-6-4-10-18(20)22(27)25-13-7-1-2-8-14-25/h3-6,9-12H,1-2,7-8,13-16H2,(H,24,26). The quantitative estimate of drug-likeness (QED) is 0.632. The zero-order valence-corrected chi connectivity index (χ0v) is 18.2. The molecule has 6 heteroatoms. The zero-order valence-electron chi connectivity index (χ0n) is 15.8. The highest BCUT2D eigenvalue weighted by molar-refractivity contribution is 9.10. The van der Waals surface area contributed by atoms with E-state index in [-0.39, 0.29) is 11.8 Å². The summed E-state index contributed by atoms with van der Waals surface area (Å²) in [6.07, 6.45) is 4.45. The molecule has 2 amide bonds. The highest BCUT2D eigenvalue weighted by Crippen LogP contribution is 2.23. The van der Waals surface area contributed by atoms with Gasteiger partial charge in [-0.2, -0.15) is 0 Å². The fourth-order valence-electron chi connectivity index (χ4n) is 3.28. The molecule has 28 heavy (non-hydrogen) atoms. The molecule has 1 N–H and O–H groups in total. The van der Waals surface area contributed by atoms with Crippen LogP contribution in [0.5, 0.6) is 0 Å². The minimum atomic E-state index is -0.0897. The number of benzene rings is 2. The summed E-state index contributed by atoms with van der Waals surface area (Å²) in [5.41, 5.74) is 2.34. The number of hydrogen-bond donors (Lipinski definition) is 1. The number of amides is 2. The van der Waals surface area contributed by atoms with E-state index in [1.807, 2.05) is 41.3 Å². The first-order valence-electron chi connectivity index (χ1n) is 9.64. The average Bonchev–Trinajstić information content (AvgIpc) is 2.99. The van der Waals surface area contributed by atoms with Crippen molar-refractivity contribution < 1.29 is 9.59 Å². The van der Waals surface area contributed by atoms with Gasteiger partial charge in [-0.15, -0.1) is 11.8 Å². The summed E-state index contributed by atoms with van der Waals surface area (Å²) in [6.45, 7) is 1.59. The van der Waals surface area contributed by atoms with E-state index in [2.05, 4.69) is 21.2 Å². The van der Waals surface area contributed by atoms with E-state index in [1.165, 1.54) is 12.8 Å². The molecule has 0 saturated carbocycles. The third-order valence-electron chi connectivity index (χ3n) is 4.77. The van der Waals surface area contributed by atoms with Gasteiger partial charge in [0.05, 0.1) is 17.0 Å². The fourth-order valence-corrected chi connectivity index (χ4v) is 4.72. The Morgan fingerprint density at radius 3 is 2.39 bits per heavy atom. The number of halogens is 1. The van der Waals surface area contributed by atoms with Crippen molar-refractivity contribution in [2.24, 2.45) is 0 Å². The van der Waals surface area contributed by atoms with Gasteiger partial charge in [-0.3, -0.25) is 9.59 Å². The van der Waals surface area contributed by atoms with Crippen LogP contribution in [-0.2, 0) is 10.5 Å². The molecule has 0 atom stereocenters. The van der Waals surface area contributed by atoms with Crippen LogP contribution in [0.1, 0.15) is 41.6 Å². The smallest absolute Gasteiger partial charge is 0.255 e. The highest BCUT2D eigenvalue weighted by Gasteiger charge is 2.20. The predicted octanol–water partition coefficient (Wildman–Crippen LogP) is 5.34. The molecule has 1 saturated heterocycles. The van der Waals surface area contributed by atoms with Crippen LogP contribution in [0.3, 0.4) is 0 Å². The first-order valence-corrected chi connectivity index (χ1v) is 11.6. The minimum absolute atomic E-state index is 0.0127. The second kappa shape index (κ2) is 10.7. The molecule has 2 aromatic rings. The number of carbonyl (C=O) groups excluding carboxylic acids is 2. The number of hydrogen-bond acceptors (Lipinski definition) is 3. The largest absolute Gasteiger partial charge is 0.339 e. The maximum absolute atomic E-state index is 13.0. The van der Waals surface area contributed by atoms with Crippen molar-refractivity contribution in [2.45, 2.75) is 31.4 Å². The molecule has 0 bridgehead atoms. The number of nitrogens with one attached hydrogen (secondary N) is 1. The monoisotopic (exact) mass is 460 g/mol. The van der Waals surface area contributed by atoms with Crippen molar-refractivity contribution in [1.29, 1.82) is 0 Å². The normalized spacial score (nSPS) is 14.4. The van der Waals surface area contributed by atoms with Gasteiger partial charge in [-0.25, -0.2) is 0 Å². The number of rotatable bonds is 6. The van der Waals surface area contributed by atoms with Gasteiger partial charge in [0.25, 0.3) is 5.91 Å². The Hall–Kier alpha value is -1.79. The number of anilines is 1. The van der Waals surface area contributed by atoms with Gasteiger partial charge in [-0.1, -0.05) is 59.1 Å². The molecule has 3 rings (SSSR count). The van der Waals surface area contributed by atoms with Gasteiger partial charge in [0.15, 0.2) is 0 Å². The lowest BCUT2D eigenvalue weighted by Gasteiger charge is -2.22. The van der Waals surface area contributed by atoms with E-state index >= 15 is 0 Å². The Kier molecular flexibility index (Phi) is 7.98. The summed E-state index contributed by atoms with van der Waals surface area (Å²) >= 11 is 5.09. The second-order valence-electron chi connectivity index (χ2n) is 6.88. The van der Waals surface area contributed by atoms with Gasteiger partial charge in [0.1, 0.15) is 0 Å². The van der Waals surface area contributed by atoms with Gasteiger partial charge in [0, 0.05) is 23.3 Å². The lowest BCUT2D eigenvalue weighted by Crippen LogP contribution is -2.32. The van der Waals surface area contributed by atoms with Gasteiger partial charge in [0.2, 0.25) is 5.91 Å². The number of thioether (sulfide) groups is 1. The van der Waals surface area contributed by atoms with Gasteiger partial charge >= 0.3 is 0 Å². The molecule has 0 aliphatic carbocycles. The molecule has 1 heterocycles. The third-order valence-corrected chi connectivity index (χ3v) is 6.53. The van der Waals surface area contributed by atoms with Crippen LogP contribution in [0.25, 0.3) is 0 Å². The molecule has 148 valence electrons. The van der Waals surface area contributed by atoms with Crippen LogP contribution in [0, 0.1) is 0 Å². The first kappa shape index (κ1) is 20.9. The van der Waals surface area contributed by atoms with E-state index in [4.69, 9.17) is 0 Å². The van der Waals surface area contributed by atoms with Crippen LogP contribution in [0.2, 0.25) is 0 Å². The maximum atomic E-state index is 13.0. The van der Waals surface area contributed by atoms with Crippen LogP contribution in [0.15, 0.2) is 53.0 Å². The molecule has 1 fully saturated rings. The SMILES string of the molecule is O=C(CSCc1ccccc1Br)Nc1ccccc1C(=O)N1CCCCCC1. The molecule has 0 unspecified atom stereocenters. The van der Waals surface area contributed by atoms with Crippen LogP contribution >= 0.6 is 27.7 Å². The van der Waals surface area contributed by atoms with E-state index in [9.17, 15) is 9.59 Å².